The molecule has 0 saturated heterocycles. The molecule has 4 unspecified atom stereocenters. The molecule has 12 heavy (non-hydrogen) atoms. The third-order valence-electron chi connectivity index (χ3n) is 3.49. The summed E-state index contributed by atoms with van der Waals surface area (Å²) < 4.78 is 0. The van der Waals surface area contributed by atoms with E-state index in [0.717, 1.165) is 5.92 Å². The second-order valence-electron chi connectivity index (χ2n) is 4.14. The molecule has 2 rings (SSSR count). The van der Waals surface area contributed by atoms with Crippen molar-refractivity contribution >= 4 is 5.91 Å². The Bertz CT molecular complexity index is 234. The highest BCUT2D eigenvalue weighted by Crippen LogP contribution is 2.48. The first-order valence-corrected chi connectivity index (χ1v) is 4.65. The van der Waals surface area contributed by atoms with Crippen molar-refractivity contribution in [3.8, 4) is 0 Å². The molecule has 2 N–H and O–H groups in total. The molecular weight excluding hydrogens is 150 g/mol. The van der Waals surface area contributed by atoms with Gasteiger partial charge in [0, 0.05) is 6.42 Å². The standard InChI is InChI=1S/C10H15NO/c1-6-7-2-3-8(4-7)9(6)5-10(11)12/h2-3,6-9H,4-5H2,1H3,(H2,11,12). The minimum Gasteiger partial charge on any atom is -0.370 e. The third kappa shape index (κ3) is 1.06. The summed E-state index contributed by atoms with van der Waals surface area (Å²) in [6, 6.07) is 0. The minimum atomic E-state index is -0.146. The van der Waals surface area contributed by atoms with Gasteiger partial charge in [0.1, 0.15) is 0 Å². The number of fused-ring (bicyclic) bond motifs is 2. The van der Waals surface area contributed by atoms with Crippen LogP contribution in [-0.2, 0) is 4.79 Å². The zero-order chi connectivity index (χ0) is 8.72. The minimum absolute atomic E-state index is 0.146. The summed E-state index contributed by atoms with van der Waals surface area (Å²) in [6.07, 6.45) is 6.39. The van der Waals surface area contributed by atoms with E-state index in [9.17, 15) is 4.79 Å². The van der Waals surface area contributed by atoms with E-state index < -0.39 is 0 Å². The van der Waals surface area contributed by atoms with Crippen LogP contribution in [0.25, 0.3) is 0 Å². The van der Waals surface area contributed by atoms with Crippen molar-refractivity contribution in [2.24, 2.45) is 29.4 Å². The fourth-order valence-corrected chi connectivity index (χ4v) is 2.74. The molecule has 2 nitrogen and oxygen atoms in total. The predicted octanol–water partition coefficient (Wildman–Crippen LogP) is 1.32. The van der Waals surface area contributed by atoms with Crippen LogP contribution in [0.4, 0.5) is 0 Å². The van der Waals surface area contributed by atoms with Crippen LogP contribution in [0, 0.1) is 23.7 Å². The zero-order valence-electron chi connectivity index (χ0n) is 7.36. The van der Waals surface area contributed by atoms with Crippen LogP contribution in [-0.4, -0.2) is 5.91 Å². The zero-order valence-corrected chi connectivity index (χ0v) is 7.36. The van der Waals surface area contributed by atoms with Gasteiger partial charge in [-0.05, 0) is 30.1 Å². The van der Waals surface area contributed by atoms with Crippen LogP contribution in [0.3, 0.4) is 0 Å². The van der Waals surface area contributed by atoms with Crippen molar-refractivity contribution in [2.45, 2.75) is 19.8 Å². The maximum absolute atomic E-state index is 10.8. The highest BCUT2D eigenvalue weighted by Gasteiger charge is 2.42. The molecule has 0 heterocycles. The lowest BCUT2D eigenvalue weighted by molar-refractivity contribution is -0.119. The second-order valence-corrected chi connectivity index (χ2v) is 4.14. The normalized spacial score (nSPS) is 43.8. The first kappa shape index (κ1) is 7.84. The molecule has 0 aromatic heterocycles. The van der Waals surface area contributed by atoms with E-state index >= 15 is 0 Å². The summed E-state index contributed by atoms with van der Waals surface area (Å²) in [5.41, 5.74) is 5.20. The number of carbonyl (C=O) groups is 1. The van der Waals surface area contributed by atoms with Gasteiger partial charge < -0.3 is 5.73 Å². The first-order chi connectivity index (χ1) is 5.68. The molecule has 0 aromatic carbocycles. The van der Waals surface area contributed by atoms with E-state index in [1.165, 1.54) is 6.42 Å². The highest BCUT2D eigenvalue weighted by atomic mass is 16.1. The van der Waals surface area contributed by atoms with Crippen LogP contribution >= 0.6 is 0 Å². The Hall–Kier alpha value is -0.790. The smallest absolute Gasteiger partial charge is 0.217 e. The van der Waals surface area contributed by atoms with Gasteiger partial charge in [0.05, 0.1) is 0 Å². The summed E-state index contributed by atoms with van der Waals surface area (Å²) in [6.45, 7) is 2.24. The first-order valence-electron chi connectivity index (χ1n) is 4.65. The van der Waals surface area contributed by atoms with E-state index in [0.29, 0.717) is 24.2 Å². The molecule has 0 aromatic rings. The summed E-state index contributed by atoms with van der Waals surface area (Å²) in [4.78, 5) is 10.8. The van der Waals surface area contributed by atoms with E-state index in [1.54, 1.807) is 0 Å². The fourth-order valence-electron chi connectivity index (χ4n) is 2.74. The number of primary amides is 1. The van der Waals surface area contributed by atoms with Crippen molar-refractivity contribution in [2.75, 3.05) is 0 Å². The van der Waals surface area contributed by atoms with Gasteiger partial charge in [0.2, 0.25) is 5.91 Å². The van der Waals surface area contributed by atoms with Gasteiger partial charge in [-0.2, -0.15) is 0 Å². The number of amides is 1. The molecular formula is C10H15NO. The maximum Gasteiger partial charge on any atom is 0.217 e. The van der Waals surface area contributed by atoms with Gasteiger partial charge >= 0.3 is 0 Å². The molecule has 1 saturated carbocycles. The van der Waals surface area contributed by atoms with Crippen LogP contribution in [0.2, 0.25) is 0 Å². The molecule has 0 radical (unpaired) electrons. The van der Waals surface area contributed by atoms with Gasteiger partial charge in [0.15, 0.2) is 0 Å². The van der Waals surface area contributed by atoms with Crippen molar-refractivity contribution < 1.29 is 4.79 Å². The number of hydrogen-bond donors (Lipinski definition) is 1. The monoisotopic (exact) mass is 165 g/mol. The van der Waals surface area contributed by atoms with Crippen LogP contribution in [0.15, 0.2) is 12.2 Å². The lowest BCUT2D eigenvalue weighted by Crippen LogP contribution is -2.23. The molecule has 0 spiro atoms. The lowest BCUT2D eigenvalue weighted by Gasteiger charge is -2.23. The summed E-state index contributed by atoms with van der Waals surface area (Å²) in [5, 5.41) is 0. The molecule has 2 heteroatoms. The number of hydrogen-bond acceptors (Lipinski definition) is 1. The molecule has 1 amide bonds. The third-order valence-corrected chi connectivity index (χ3v) is 3.49. The van der Waals surface area contributed by atoms with Crippen LogP contribution in [0.1, 0.15) is 19.8 Å². The van der Waals surface area contributed by atoms with E-state index in [2.05, 4.69) is 19.1 Å². The Kier molecular flexibility index (Phi) is 1.71. The quantitative estimate of drug-likeness (QED) is 0.616. The Morgan fingerprint density at radius 1 is 1.50 bits per heavy atom. The molecule has 0 aliphatic heterocycles. The molecule has 1 fully saturated rings. The maximum atomic E-state index is 10.8. The van der Waals surface area contributed by atoms with Crippen molar-refractivity contribution in [1.82, 2.24) is 0 Å². The number of carbonyl (C=O) groups excluding carboxylic acids is 1. The van der Waals surface area contributed by atoms with Gasteiger partial charge in [-0.15, -0.1) is 0 Å². The number of allylic oxidation sites excluding steroid dienone is 2. The molecule has 2 bridgehead atoms. The van der Waals surface area contributed by atoms with E-state index in [4.69, 9.17) is 5.73 Å². The van der Waals surface area contributed by atoms with Gasteiger partial charge in [-0.25, -0.2) is 0 Å². The summed E-state index contributed by atoms with van der Waals surface area (Å²) >= 11 is 0. The largest absolute Gasteiger partial charge is 0.370 e. The molecule has 2 aliphatic carbocycles. The Labute approximate surface area is 72.8 Å². The van der Waals surface area contributed by atoms with Gasteiger partial charge in [0.25, 0.3) is 0 Å². The Balaban J connectivity index is 2.08. The Morgan fingerprint density at radius 3 is 2.67 bits per heavy atom. The highest BCUT2D eigenvalue weighted by molar-refractivity contribution is 5.74. The van der Waals surface area contributed by atoms with Crippen molar-refractivity contribution in [3.05, 3.63) is 12.2 Å². The fraction of sp³-hybridized carbons (Fsp3) is 0.700. The van der Waals surface area contributed by atoms with Crippen LogP contribution in [0.5, 0.6) is 0 Å². The van der Waals surface area contributed by atoms with Crippen LogP contribution < -0.4 is 5.73 Å². The number of nitrogens with two attached hydrogens (primary N) is 1. The summed E-state index contributed by atoms with van der Waals surface area (Å²) in [7, 11) is 0. The average molecular weight is 165 g/mol. The molecule has 4 atom stereocenters. The molecule has 66 valence electrons. The lowest BCUT2D eigenvalue weighted by atomic mass is 9.82. The van der Waals surface area contributed by atoms with Gasteiger partial charge in [-0.3, -0.25) is 4.79 Å². The Morgan fingerprint density at radius 2 is 2.17 bits per heavy atom. The van der Waals surface area contributed by atoms with E-state index in [1.807, 2.05) is 0 Å². The second kappa shape index (κ2) is 2.61. The van der Waals surface area contributed by atoms with Crippen molar-refractivity contribution in [3.63, 3.8) is 0 Å². The average Bonchev–Trinajstić information content (AvgIpc) is 2.53. The SMILES string of the molecule is CC1C2C=CC(C2)C1CC(N)=O. The van der Waals surface area contributed by atoms with E-state index in [-0.39, 0.29) is 5.91 Å². The molecule has 2 aliphatic rings. The number of rotatable bonds is 2. The topological polar surface area (TPSA) is 43.1 Å². The van der Waals surface area contributed by atoms with Gasteiger partial charge in [-0.1, -0.05) is 19.1 Å². The summed E-state index contributed by atoms with van der Waals surface area (Å²) in [5.74, 6) is 2.40. The predicted molar refractivity (Wildman–Crippen MR) is 47.2 cm³/mol. The van der Waals surface area contributed by atoms with Crippen molar-refractivity contribution in [1.29, 1.82) is 0 Å².